The van der Waals surface area contributed by atoms with Crippen LogP contribution in [-0.4, -0.2) is 72.5 Å². The van der Waals surface area contributed by atoms with Crippen molar-refractivity contribution in [2.45, 2.75) is 37.8 Å². The maximum absolute atomic E-state index is 13.5. The molecular formula is C24H31N3O5S. The number of fused-ring (bicyclic) bond motifs is 1. The molecule has 1 N–H and O–H groups in total. The standard InChI is InChI=1S/C24H31N3O5S/c1-5-8-19-10-11-23-21(13-19)32-22(15-26(4)24(29)20-9-6-7-12-25-20)17(2)14-27(18(3)16-28)33(23,30)31/h5-13,17-18,22,28H,14-16H2,1-4H3/b8-5+/t17-,18-,22-/m0/s1. The zero-order valence-corrected chi connectivity index (χ0v) is 20.2. The molecule has 0 aliphatic carbocycles. The third kappa shape index (κ3) is 5.43. The van der Waals surface area contributed by atoms with Crippen LogP contribution in [0.3, 0.4) is 0 Å². The van der Waals surface area contributed by atoms with E-state index in [0.29, 0.717) is 5.69 Å². The fraction of sp³-hybridized carbons (Fsp3) is 0.417. The molecule has 1 aromatic carbocycles. The Morgan fingerprint density at radius 1 is 1.36 bits per heavy atom. The summed E-state index contributed by atoms with van der Waals surface area (Å²) in [7, 11) is -2.22. The fourth-order valence-electron chi connectivity index (χ4n) is 3.79. The number of sulfonamides is 1. The van der Waals surface area contributed by atoms with E-state index >= 15 is 0 Å². The SMILES string of the molecule is C/C=C/c1ccc2c(c1)O[C@@H](CN(C)C(=O)c1ccccn1)[C@@H](C)CN([C@@H](C)CO)S2(=O)=O. The summed E-state index contributed by atoms with van der Waals surface area (Å²) < 4.78 is 34.5. The number of hydrogen-bond donors (Lipinski definition) is 1. The zero-order valence-electron chi connectivity index (χ0n) is 19.4. The number of aliphatic hydroxyl groups is 1. The number of nitrogens with zero attached hydrogens (tertiary/aromatic N) is 3. The number of aromatic nitrogens is 1. The first-order valence-corrected chi connectivity index (χ1v) is 12.4. The number of hydrogen-bond acceptors (Lipinski definition) is 6. The Morgan fingerprint density at radius 3 is 2.76 bits per heavy atom. The van der Waals surface area contributed by atoms with Gasteiger partial charge in [0.15, 0.2) is 0 Å². The van der Waals surface area contributed by atoms with Gasteiger partial charge in [-0.05, 0) is 43.7 Å². The lowest BCUT2D eigenvalue weighted by Gasteiger charge is -2.37. The predicted octanol–water partition coefficient (Wildman–Crippen LogP) is 2.66. The number of amides is 1. The van der Waals surface area contributed by atoms with Crippen LogP contribution in [-0.2, 0) is 10.0 Å². The van der Waals surface area contributed by atoms with Crippen LogP contribution in [0.25, 0.3) is 6.08 Å². The second kappa shape index (κ2) is 10.5. The third-order valence-corrected chi connectivity index (χ3v) is 7.75. The molecule has 2 aromatic rings. The van der Waals surface area contributed by atoms with Crippen molar-refractivity contribution in [3.63, 3.8) is 0 Å². The Labute approximate surface area is 195 Å². The van der Waals surface area contributed by atoms with Gasteiger partial charge in [0.2, 0.25) is 10.0 Å². The van der Waals surface area contributed by atoms with Crippen molar-refractivity contribution in [3.8, 4) is 5.75 Å². The number of carbonyl (C=O) groups is 1. The average molecular weight is 474 g/mol. The van der Waals surface area contributed by atoms with E-state index < -0.39 is 22.2 Å². The number of carbonyl (C=O) groups excluding carboxylic acids is 1. The molecule has 8 nitrogen and oxygen atoms in total. The molecule has 3 rings (SSSR count). The minimum atomic E-state index is -3.90. The van der Waals surface area contributed by atoms with Crippen LogP contribution in [0.4, 0.5) is 0 Å². The molecule has 33 heavy (non-hydrogen) atoms. The molecule has 2 heterocycles. The van der Waals surface area contributed by atoms with Crippen molar-refractivity contribution in [3.05, 3.63) is 59.9 Å². The van der Waals surface area contributed by atoms with Crippen LogP contribution >= 0.6 is 0 Å². The van der Waals surface area contributed by atoms with Crippen molar-refractivity contribution in [2.75, 3.05) is 26.7 Å². The quantitative estimate of drug-likeness (QED) is 0.692. The van der Waals surface area contributed by atoms with Crippen molar-refractivity contribution in [2.24, 2.45) is 5.92 Å². The van der Waals surface area contributed by atoms with Crippen molar-refractivity contribution >= 4 is 22.0 Å². The molecule has 1 aromatic heterocycles. The minimum absolute atomic E-state index is 0.0478. The lowest BCUT2D eigenvalue weighted by molar-refractivity contribution is 0.0559. The molecule has 1 amide bonds. The Kier molecular flexibility index (Phi) is 7.88. The fourth-order valence-corrected chi connectivity index (χ4v) is 5.62. The highest BCUT2D eigenvalue weighted by atomic mass is 32.2. The largest absolute Gasteiger partial charge is 0.487 e. The van der Waals surface area contributed by atoms with Gasteiger partial charge < -0.3 is 14.7 Å². The van der Waals surface area contributed by atoms with Gasteiger partial charge in [0.25, 0.3) is 5.91 Å². The van der Waals surface area contributed by atoms with E-state index in [1.54, 1.807) is 50.5 Å². The van der Waals surface area contributed by atoms with E-state index in [1.807, 2.05) is 26.0 Å². The summed E-state index contributed by atoms with van der Waals surface area (Å²) >= 11 is 0. The highest BCUT2D eigenvalue weighted by Crippen LogP contribution is 2.34. The number of aliphatic hydroxyl groups excluding tert-OH is 1. The first kappa shape index (κ1) is 24.9. The molecule has 0 radical (unpaired) electrons. The van der Waals surface area contributed by atoms with Gasteiger partial charge in [-0.1, -0.05) is 31.2 Å². The van der Waals surface area contributed by atoms with Crippen LogP contribution in [0.15, 0.2) is 53.6 Å². The molecule has 0 unspecified atom stereocenters. The second-order valence-electron chi connectivity index (χ2n) is 8.35. The summed E-state index contributed by atoms with van der Waals surface area (Å²) in [6, 6.07) is 9.49. The Hall–Kier alpha value is -2.75. The van der Waals surface area contributed by atoms with Gasteiger partial charge in [-0.15, -0.1) is 0 Å². The Balaban J connectivity index is 2.01. The summed E-state index contributed by atoms with van der Waals surface area (Å²) in [5, 5.41) is 9.73. The molecule has 1 aliphatic heterocycles. The molecular weight excluding hydrogens is 442 g/mol. The van der Waals surface area contributed by atoms with Crippen LogP contribution in [0.2, 0.25) is 0 Å². The van der Waals surface area contributed by atoms with E-state index in [0.717, 1.165) is 5.56 Å². The minimum Gasteiger partial charge on any atom is -0.487 e. The number of rotatable bonds is 6. The van der Waals surface area contributed by atoms with Gasteiger partial charge in [0.05, 0.1) is 13.2 Å². The molecule has 0 bridgehead atoms. The summed E-state index contributed by atoms with van der Waals surface area (Å²) in [6.07, 6.45) is 4.80. The monoisotopic (exact) mass is 473 g/mol. The highest BCUT2D eigenvalue weighted by molar-refractivity contribution is 7.89. The molecule has 0 spiro atoms. The van der Waals surface area contributed by atoms with Crippen LogP contribution < -0.4 is 4.74 Å². The Morgan fingerprint density at radius 2 is 2.12 bits per heavy atom. The van der Waals surface area contributed by atoms with Crippen molar-refractivity contribution in [1.82, 2.24) is 14.2 Å². The number of allylic oxidation sites excluding steroid dienone is 1. The summed E-state index contributed by atoms with van der Waals surface area (Å²) in [6.45, 7) is 5.52. The summed E-state index contributed by atoms with van der Waals surface area (Å²) in [5.74, 6) is -0.271. The summed E-state index contributed by atoms with van der Waals surface area (Å²) in [4.78, 5) is 18.6. The van der Waals surface area contributed by atoms with E-state index in [4.69, 9.17) is 4.74 Å². The second-order valence-corrected chi connectivity index (χ2v) is 10.2. The van der Waals surface area contributed by atoms with Crippen LogP contribution in [0.1, 0.15) is 36.8 Å². The van der Waals surface area contributed by atoms with E-state index in [9.17, 15) is 18.3 Å². The number of ether oxygens (including phenoxy) is 1. The molecule has 0 saturated heterocycles. The van der Waals surface area contributed by atoms with E-state index in [1.165, 1.54) is 15.3 Å². The molecule has 3 atom stereocenters. The van der Waals surface area contributed by atoms with E-state index in [2.05, 4.69) is 4.98 Å². The zero-order chi connectivity index (χ0) is 24.2. The topological polar surface area (TPSA) is 100 Å². The normalized spacial score (nSPS) is 21.5. The van der Waals surface area contributed by atoms with Crippen molar-refractivity contribution in [1.29, 1.82) is 0 Å². The number of likely N-dealkylation sites (N-methyl/N-ethyl adjacent to an activating group) is 1. The van der Waals surface area contributed by atoms with Crippen LogP contribution in [0, 0.1) is 5.92 Å². The maximum Gasteiger partial charge on any atom is 0.272 e. The van der Waals surface area contributed by atoms with Gasteiger partial charge in [-0.3, -0.25) is 9.78 Å². The Bertz CT molecular complexity index is 1100. The van der Waals surface area contributed by atoms with Gasteiger partial charge >= 0.3 is 0 Å². The molecule has 1 aliphatic rings. The third-order valence-electron chi connectivity index (χ3n) is 5.73. The predicted molar refractivity (Wildman–Crippen MR) is 126 cm³/mol. The van der Waals surface area contributed by atoms with Crippen LogP contribution in [0.5, 0.6) is 5.75 Å². The number of pyridine rings is 1. The van der Waals surface area contributed by atoms with E-state index in [-0.39, 0.29) is 42.2 Å². The van der Waals surface area contributed by atoms with Gasteiger partial charge in [-0.25, -0.2) is 8.42 Å². The average Bonchev–Trinajstić information content (AvgIpc) is 2.81. The molecule has 0 saturated carbocycles. The summed E-state index contributed by atoms with van der Waals surface area (Å²) in [5.41, 5.74) is 1.13. The smallest absolute Gasteiger partial charge is 0.272 e. The first-order chi connectivity index (χ1) is 15.7. The molecule has 178 valence electrons. The number of benzene rings is 1. The lowest BCUT2D eigenvalue weighted by atomic mass is 10.0. The van der Waals surface area contributed by atoms with Crippen molar-refractivity contribution < 1.29 is 23.1 Å². The first-order valence-electron chi connectivity index (χ1n) is 10.9. The lowest BCUT2D eigenvalue weighted by Crippen LogP contribution is -2.50. The van der Waals surface area contributed by atoms with Gasteiger partial charge in [0, 0.05) is 31.7 Å². The van der Waals surface area contributed by atoms with Gasteiger partial charge in [0.1, 0.15) is 22.4 Å². The highest BCUT2D eigenvalue weighted by Gasteiger charge is 2.38. The molecule has 0 fully saturated rings. The maximum atomic E-state index is 13.5. The van der Waals surface area contributed by atoms with Gasteiger partial charge in [-0.2, -0.15) is 4.31 Å². The molecule has 9 heteroatoms.